The summed E-state index contributed by atoms with van der Waals surface area (Å²) < 4.78 is 1.58. The minimum Gasteiger partial charge on any atom is -0.366 e. The maximum absolute atomic E-state index is 5.85. The molecule has 0 radical (unpaired) electrons. The molecule has 7 heteroatoms. The molecule has 0 unspecified atom stereocenters. The summed E-state index contributed by atoms with van der Waals surface area (Å²) in [6.45, 7) is 0.658. The van der Waals surface area contributed by atoms with E-state index in [1.807, 2.05) is 30.3 Å². The lowest BCUT2D eigenvalue weighted by Crippen LogP contribution is -2.04. The molecule has 1 N–H and O–H groups in total. The molecule has 100 valence electrons. The number of aromatic nitrogens is 5. The van der Waals surface area contributed by atoms with Crippen molar-refractivity contribution in [1.29, 1.82) is 0 Å². The van der Waals surface area contributed by atoms with E-state index in [-0.39, 0.29) is 0 Å². The number of nitrogens with zero attached hydrogens (tertiary/aromatic N) is 5. The molecular formula is C13H11ClN6. The number of rotatable bonds is 4. The number of anilines is 1. The number of hydrogen-bond acceptors (Lipinski definition) is 5. The Kier molecular flexibility index (Phi) is 3.56. The fourth-order valence-electron chi connectivity index (χ4n) is 1.69. The molecule has 0 aliphatic carbocycles. The average molecular weight is 287 g/mol. The summed E-state index contributed by atoms with van der Waals surface area (Å²) in [6, 6.07) is 9.47. The number of halogens is 1. The smallest absolute Gasteiger partial charge is 0.160 e. The second-order valence-corrected chi connectivity index (χ2v) is 4.52. The van der Waals surface area contributed by atoms with Crippen molar-refractivity contribution in [3.8, 4) is 5.82 Å². The molecule has 3 rings (SSSR count). The van der Waals surface area contributed by atoms with E-state index >= 15 is 0 Å². The molecule has 0 atom stereocenters. The minimum atomic E-state index is 0.658. The average Bonchev–Trinajstić information content (AvgIpc) is 3.01. The molecule has 0 spiro atoms. The van der Waals surface area contributed by atoms with E-state index in [1.54, 1.807) is 11.0 Å². The highest BCUT2D eigenvalue weighted by Crippen LogP contribution is 2.12. The van der Waals surface area contributed by atoms with Gasteiger partial charge >= 0.3 is 0 Å². The molecule has 0 amide bonds. The number of benzene rings is 1. The van der Waals surface area contributed by atoms with Crippen LogP contribution in [-0.4, -0.2) is 24.7 Å². The Morgan fingerprint density at radius 1 is 1.10 bits per heavy atom. The van der Waals surface area contributed by atoms with Crippen molar-refractivity contribution in [3.05, 3.63) is 59.9 Å². The first-order valence-corrected chi connectivity index (χ1v) is 6.34. The fourth-order valence-corrected chi connectivity index (χ4v) is 1.82. The predicted molar refractivity (Wildman–Crippen MR) is 75.7 cm³/mol. The van der Waals surface area contributed by atoms with Crippen LogP contribution in [0.4, 0.5) is 5.82 Å². The Morgan fingerprint density at radius 2 is 1.95 bits per heavy atom. The topological polar surface area (TPSA) is 68.5 Å². The van der Waals surface area contributed by atoms with Gasteiger partial charge in [-0.25, -0.2) is 19.6 Å². The first-order valence-electron chi connectivity index (χ1n) is 5.96. The molecule has 0 aliphatic heterocycles. The lowest BCUT2D eigenvalue weighted by Gasteiger charge is -2.07. The van der Waals surface area contributed by atoms with Gasteiger partial charge in [0.1, 0.15) is 24.8 Å². The van der Waals surface area contributed by atoms with Crippen LogP contribution in [0.25, 0.3) is 5.82 Å². The third-order valence-electron chi connectivity index (χ3n) is 2.69. The molecule has 3 aromatic rings. The number of nitrogens with one attached hydrogen (secondary N) is 1. The van der Waals surface area contributed by atoms with E-state index in [1.165, 1.54) is 12.7 Å². The van der Waals surface area contributed by atoms with Gasteiger partial charge < -0.3 is 5.32 Å². The third kappa shape index (κ3) is 2.92. The minimum absolute atomic E-state index is 0.658. The normalized spacial score (nSPS) is 10.4. The van der Waals surface area contributed by atoms with Crippen LogP contribution >= 0.6 is 11.6 Å². The van der Waals surface area contributed by atoms with Crippen molar-refractivity contribution in [2.24, 2.45) is 0 Å². The van der Waals surface area contributed by atoms with E-state index in [0.29, 0.717) is 12.4 Å². The van der Waals surface area contributed by atoms with Crippen molar-refractivity contribution in [2.45, 2.75) is 6.54 Å². The molecule has 2 aromatic heterocycles. The van der Waals surface area contributed by atoms with Gasteiger partial charge in [0, 0.05) is 17.6 Å². The summed E-state index contributed by atoms with van der Waals surface area (Å²) in [6.07, 6.45) is 4.54. The fraction of sp³-hybridized carbons (Fsp3) is 0.0769. The van der Waals surface area contributed by atoms with E-state index in [2.05, 4.69) is 25.4 Å². The van der Waals surface area contributed by atoms with Crippen LogP contribution in [0.2, 0.25) is 5.02 Å². The zero-order valence-corrected chi connectivity index (χ0v) is 11.2. The van der Waals surface area contributed by atoms with Gasteiger partial charge in [-0.15, -0.1) is 0 Å². The first kappa shape index (κ1) is 12.6. The van der Waals surface area contributed by atoms with Crippen molar-refractivity contribution in [3.63, 3.8) is 0 Å². The quantitative estimate of drug-likeness (QED) is 0.797. The SMILES string of the molecule is Clc1ccc(CNc2cc(-n3cncn3)ncn2)cc1. The Balaban J connectivity index is 1.72. The van der Waals surface area contributed by atoms with Gasteiger partial charge in [0.25, 0.3) is 0 Å². The second-order valence-electron chi connectivity index (χ2n) is 4.08. The highest BCUT2D eigenvalue weighted by molar-refractivity contribution is 6.30. The molecule has 1 aromatic carbocycles. The van der Waals surface area contributed by atoms with Crippen LogP contribution in [-0.2, 0) is 6.54 Å². The van der Waals surface area contributed by atoms with Gasteiger partial charge in [-0.1, -0.05) is 23.7 Å². The van der Waals surface area contributed by atoms with Gasteiger partial charge in [-0.05, 0) is 17.7 Å². The Labute approximate surface area is 120 Å². The van der Waals surface area contributed by atoms with E-state index < -0.39 is 0 Å². The van der Waals surface area contributed by atoms with Gasteiger partial charge in [-0.3, -0.25) is 0 Å². The lowest BCUT2D eigenvalue weighted by molar-refractivity contribution is 0.837. The molecule has 2 heterocycles. The molecule has 0 aliphatic rings. The van der Waals surface area contributed by atoms with Crippen LogP contribution in [0.1, 0.15) is 5.56 Å². The van der Waals surface area contributed by atoms with Crippen molar-refractivity contribution < 1.29 is 0 Å². The van der Waals surface area contributed by atoms with Crippen molar-refractivity contribution >= 4 is 17.4 Å². The first-order chi connectivity index (χ1) is 9.81. The van der Waals surface area contributed by atoms with Gasteiger partial charge in [0.15, 0.2) is 5.82 Å². The third-order valence-corrected chi connectivity index (χ3v) is 2.94. The molecule has 0 fully saturated rings. The highest BCUT2D eigenvalue weighted by Gasteiger charge is 2.01. The summed E-state index contributed by atoms with van der Waals surface area (Å²) in [4.78, 5) is 12.2. The van der Waals surface area contributed by atoms with E-state index in [4.69, 9.17) is 11.6 Å². The lowest BCUT2D eigenvalue weighted by atomic mass is 10.2. The molecule has 0 bridgehead atoms. The van der Waals surface area contributed by atoms with Gasteiger partial charge in [-0.2, -0.15) is 5.10 Å². The zero-order valence-electron chi connectivity index (χ0n) is 10.4. The maximum atomic E-state index is 5.85. The van der Waals surface area contributed by atoms with Crippen molar-refractivity contribution in [2.75, 3.05) is 5.32 Å². The Morgan fingerprint density at radius 3 is 2.70 bits per heavy atom. The molecule has 6 nitrogen and oxygen atoms in total. The largest absolute Gasteiger partial charge is 0.366 e. The summed E-state index contributed by atoms with van der Waals surface area (Å²) in [7, 11) is 0. The van der Waals surface area contributed by atoms with Crippen LogP contribution in [0.3, 0.4) is 0 Å². The predicted octanol–water partition coefficient (Wildman–Crippen LogP) is 2.32. The van der Waals surface area contributed by atoms with Crippen LogP contribution in [0.5, 0.6) is 0 Å². The van der Waals surface area contributed by atoms with Gasteiger partial charge in [0.05, 0.1) is 0 Å². The second kappa shape index (κ2) is 5.66. The highest BCUT2D eigenvalue weighted by atomic mass is 35.5. The molecular weight excluding hydrogens is 276 g/mol. The molecule has 0 saturated carbocycles. The summed E-state index contributed by atoms with van der Waals surface area (Å²) in [5.41, 5.74) is 1.12. The number of hydrogen-bond donors (Lipinski definition) is 1. The van der Waals surface area contributed by atoms with Crippen molar-refractivity contribution in [1.82, 2.24) is 24.7 Å². The van der Waals surface area contributed by atoms with E-state index in [0.717, 1.165) is 16.4 Å². The zero-order chi connectivity index (χ0) is 13.8. The standard InChI is InChI=1S/C13H11ClN6/c14-11-3-1-10(2-4-11)6-16-12-5-13(18-8-17-12)20-9-15-7-19-20/h1-5,7-9H,6H2,(H,16,17,18). The van der Waals surface area contributed by atoms with Gasteiger partial charge in [0.2, 0.25) is 0 Å². The van der Waals surface area contributed by atoms with Crippen LogP contribution < -0.4 is 5.32 Å². The maximum Gasteiger partial charge on any atom is 0.160 e. The summed E-state index contributed by atoms with van der Waals surface area (Å²) in [5.74, 6) is 1.39. The monoisotopic (exact) mass is 286 g/mol. The Bertz CT molecular complexity index is 680. The van der Waals surface area contributed by atoms with Crippen LogP contribution in [0.15, 0.2) is 49.3 Å². The van der Waals surface area contributed by atoms with Crippen LogP contribution in [0, 0.1) is 0 Å². The molecule has 0 saturated heterocycles. The van der Waals surface area contributed by atoms with E-state index in [9.17, 15) is 0 Å². The Hall–Kier alpha value is -2.47. The molecule has 20 heavy (non-hydrogen) atoms. The summed E-state index contributed by atoms with van der Waals surface area (Å²) >= 11 is 5.85. The summed E-state index contributed by atoms with van der Waals surface area (Å²) in [5, 5.41) is 7.98.